The van der Waals surface area contributed by atoms with E-state index in [0.717, 1.165) is 6.61 Å². The maximum absolute atomic E-state index is 6.20. The summed E-state index contributed by atoms with van der Waals surface area (Å²) in [6.07, 6.45) is 15.4. The third-order valence-electron chi connectivity index (χ3n) is 5.22. The standard InChI is InChI=1S/C17H30O3/c1-2-16-17(20-16)11-10-15-9-8-14(19-15)7-6-13-5-3-4-12-18-13/h13-17H,2-12H2,1H3/p+1. The lowest BCUT2D eigenvalue weighted by molar-refractivity contribution is -0.0109. The summed E-state index contributed by atoms with van der Waals surface area (Å²) in [5.74, 6) is 0. The molecular formula is C17H31O3+. The molecule has 0 aromatic carbocycles. The minimum Gasteiger partial charge on any atom is -0.417 e. The average molecular weight is 283 g/mol. The number of aliphatic hydroxyl groups is 2. The van der Waals surface area contributed by atoms with Gasteiger partial charge in [0.1, 0.15) is 0 Å². The summed E-state index contributed by atoms with van der Waals surface area (Å²) in [6.45, 7) is 3.21. The maximum atomic E-state index is 6.20. The predicted molar refractivity (Wildman–Crippen MR) is 80.0 cm³/mol. The van der Waals surface area contributed by atoms with Gasteiger partial charge in [-0.2, -0.15) is 0 Å². The quantitative estimate of drug-likeness (QED) is 0.530. The lowest BCUT2D eigenvalue weighted by Crippen LogP contribution is -2.21. The van der Waals surface area contributed by atoms with E-state index in [1.807, 2.05) is 0 Å². The van der Waals surface area contributed by atoms with E-state index < -0.39 is 0 Å². The van der Waals surface area contributed by atoms with Crippen molar-refractivity contribution in [2.45, 2.75) is 102 Å². The van der Waals surface area contributed by atoms with Crippen LogP contribution in [0.15, 0.2) is 0 Å². The van der Waals surface area contributed by atoms with E-state index >= 15 is 0 Å². The molecule has 0 bridgehead atoms. The first kappa shape index (κ1) is 14.8. The van der Waals surface area contributed by atoms with Gasteiger partial charge in [0.15, 0.2) is 0 Å². The smallest absolute Gasteiger partial charge is 0.227 e. The predicted octanol–water partition coefficient (Wildman–Crippen LogP) is 3.35. The van der Waals surface area contributed by atoms with Crippen LogP contribution in [0.1, 0.15) is 71.1 Å². The molecule has 3 aliphatic rings. The minimum absolute atomic E-state index is 0.503. The van der Waals surface area contributed by atoms with Crippen molar-refractivity contribution in [1.82, 2.24) is 0 Å². The third kappa shape index (κ3) is 4.19. The fourth-order valence-electron chi connectivity index (χ4n) is 3.81. The van der Waals surface area contributed by atoms with E-state index in [1.165, 1.54) is 64.2 Å². The lowest BCUT2D eigenvalue weighted by atomic mass is 10.0. The highest BCUT2D eigenvalue weighted by Gasteiger charge is 2.45. The van der Waals surface area contributed by atoms with Gasteiger partial charge in [-0.1, -0.05) is 6.92 Å². The lowest BCUT2D eigenvalue weighted by Gasteiger charge is -2.23. The molecule has 3 aliphatic heterocycles. The molecule has 0 saturated carbocycles. The van der Waals surface area contributed by atoms with E-state index in [9.17, 15) is 0 Å². The van der Waals surface area contributed by atoms with Gasteiger partial charge in [-0.25, -0.2) is 0 Å². The van der Waals surface area contributed by atoms with Crippen molar-refractivity contribution in [2.75, 3.05) is 6.61 Å². The van der Waals surface area contributed by atoms with Crippen LogP contribution in [-0.2, 0) is 9.47 Å². The van der Waals surface area contributed by atoms with Crippen LogP contribution in [0.4, 0.5) is 0 Å². The highest BCUT2D eigenvalue weighted by Crippen LogP contribution is 2.31. The SMILES string of the molecule is CCC1[OH+]C1CCC1CCC(CCC2CCCCO2)O1. The molecular weight excluding hydrogens is 252 g/mol. The van der Waals surface area contributed by atoms with Gasteiger partial charge in [-0.15, -0.1) is 0 Å². The summed E-state index contributed by atoms with van der Waals surface area (Å²) in [7, 11) is 0. The Kier molecular flexibility index (Phi) is 5.36. The Morgan fingerprint density at radius 3 is 2.25 bits per heavy atom. The Hall–Kier alpha value is -0.120. The van der Waals surface area contributed by atoms with Crippen molar-refractivity contribution < 1.29 is 14.2 Å². The molecule has 20 heavy (non-hydrogen) atoms. The number of epoxide rings is 1. The third-order valence-corrected chi connectivity index (χ3v) is 5.22. The van der Waals surface area contributed by atoms with Gasteiger partial charge in [-0.3, -0.25) is 0 Å². The summed E-state index contributed by atoms with van der Waals surface area (Å²) in [6, 6.07) is 0. The number of hydrogen-bond donors (Lipinski definition) is 0. The van der Waals surface area contributed by atoms with Crippen molar-refractivity contribution in [3.8, 4) is 0 Å². The molecule has 3 heteroatoms. The van der Waals surface area contributed by atoms with Gasteiger partial charge in [0, 0.05) is 19.4 Å². The second-order valence-electron chi connectivity index (χ2n) is 6.79. The monoisotopic (exact) mass is 283 g/mol. The van der Waals surface area contributed by atoms with E-state index in [0.29, 0.717) is 30.5 Å². The first-order chi connectivity index (χ1) is 9.85. The summed E-state index contributed by atoms with van der Waals surface area (Å²) >= 11 is 0. The normalized spacial score (nSPS) is 41.0. The van der Waals surface area contributed by atoms with Crippen LogP contribution in [0.3, 0.4) is 0 Å². The largest absolute Gasteiger partial charge is 0.417 e. The molecule has 0 aromatic rings. The van der Waals surface area contributed by atoms with Crippen molar-refractivity contribution in [1.29, 1.82) is 0 Å². The maximum Gasteiger partial charge on any atom is 0.227 e. The first-order valence-electron chi connectivity index (χ1n) is 8.82. The van der Waals surface area contributed by atoms with E-state index in [4.69, 9.17) is 9.47 Å². The van der Waals surface area contributed by atoms with Crippen LogP contribution in [0.25, 0.3) is 0 Å². The van der Waals surface area contributed by atoms with Gasteiger partial charge in [0.25, 0.3) is 0 Å². The second-order valence-corrected chi connectivity index (χ2v) is 6.79. The minimum atomic E-state index is 0.503. The Balaban J connectivity index is 1.27. The molecule has 0 amide bonds. The van der Waals surface area contributed by atoms with Crippen LogP contribution >= 0.6 is 0 Å². The van der Waals surface area contributed by atoms with Crippen LogP contribution in [-0.4, -0.2) is 41.9 Å². The second kappa shape index (κ2) is 7.24. The molecule has 5 atom stereocenters. The molecule has 3 fully saturated rings. The number of rotatable bonds is 7. The highest BCUT2D eigenvalue weighted by molar-refractivity contribution is 4.83. The molecule has 1 N–H and O–H groups in total. The zero-order valence-corrected chi connectivity index (χ0v) is 12.9. The molecule has 0 aromatic heterocycles. The van der Waals surface area contributed by atoms with E-state index in [1.54, 1.807) is 0 Å². The van der Waals surface area contributed by atoms with Gasteiger partial charge in [-0.05, 0) is 51.4 Å². The molecule has 5 unspecified atom stereocenters. The molecule has 3 saturated heterocycles. The summed E-state index contributed by atoms with van der Waals surface area (Å²) in [4.78, 5) is 0. The Bertz CT molecular complexity index is 288. The van der Waals surface area contributed by atoms with Gasteiger partial charge >= 0.3 is 0 Å². The molecule has 0 radical (unpaired) electrons. The van der Waals surface area contributed by atoms with E-state index in [2.05, 4.69) is 11.7 Å². The van der Waals surface area contributed by atoms with Crippen molar-refractivity contribution >= 4 is 0 Å². The first-order valence-corrected chi connectivity index (χ1v) is 8.82. The Morgan fingerprint density at radius 2 is 1.60 bits per heavy atom. The van der Waals surface area contributed by atoms with Gasteiger partial charge in [0.05, 0.1) is 18.3 Å². The van der Waals surface area contributed by atoms with Crippen molar-refractivity contribution in [3.63, 3.8) is 0 Å². The molecule has 0 spiro atoms. The van der Waals surface area contributed by atoms with Crippen molar-refractivity contribution in [2.24, 2.45) is 0 Å². The van der Waals surface area contributed by atoms with Gasteiger partial charge < -0.3 is 14.2 Å². The molecule has 0 aliphatic carbocycles. The molecule has 3 rings (SSSR count). The summed E-state index contributed by atoms with van der Waals surface area (Å²) in [5, 5.41) is 0. The van der Waals surface area contributed by atoms with Crippen LogP contribution < -0.4 is 0 Å². The number of hydrogen-bond acceptors (Lipinski definition) is 2. The topological polar surface area (TPSA) is 31.3 Å². The van der Waals surface area contributed by atoms with Crippen LogP contribution in [0, 0.1) is 0 Å². The highest BCUT2D eigenvalue weighted by atomic mass is 16.6. The molecule has 3 nitrogen and oxygen atoms in total. The fraction of sp³-hybridized carbons (Fsp3) is 1.00. The van der Waals surface area contributed by atoms with Crippen LogP contribution in [0.5, 0.6) is 0 Å². The fourth-order valence-corrected chi connectivity index (χ4v) is 3.81. The van der Waals surface area contributed by atoms with Crippen molar-refractivity contribution in [3.05, 3.63) is 0 Å². The zero-order chi connectivity index (χ0) is 13.8. The Morgan fingerprint density at radius 1 is 0.850 bits per heavy atom. The zero-order valence-electron chi connectivity index (χ0n) is 12.9. The van der Waals surface area contributed by atoms with Crippen LogP contribution in [0.2, 0.25) is 0 Å². The summed E-state index contributed by atoms with van der Waals surface area (Å²) in [5.41, 5.74) is 0. The average Bonchev–Trinajstić information content (AvgIpc) is 3.12. The number of ether oxygens (including phenoxy) is 3. The summed E-state index contributed by atoms with van der Waals surface area (Å²) < 4.78 is 16.6. The molecule has 116 valence electrons. The van der Waals surface area contributed by atoms with E-state index in [-0.39, 0.29) is 0 Å². The Labute approximate surface area is 123 Å². The molecule has 3 heterocycles. The van der Waals surface area contributed by atoms with Gasteiger partial charge in [0.2, 0.25) is 12.2 Å².